The molecule has 1 N–H and O–H groups in total. The van der Waals surface area contributed by atoms with Crippen LogP contribution in [0, 0.1) is 11.6 Å². The van der Waals surface area contributed by atoms with E-state index in [1.165, 1.54) is 0 Å². The number of rotatable bonds is 4. The second kappa shape index (κ2) is 4.92. The van der Waals surface area contributed by atoms with Gasteiger partial charge in [0, 0.05) is 0 Å². The molecular formula is C11H12F2O3. The van der Waals surface area contributed by atoms with Gasteiger partial charge >= 0.3 is 5.97 Å². The van der Waals surface area contributed by atoms with Gasteiger partial charge in [-0.2, -0.15) is 0 Å². The lowest BCUT2D eigenvalue weighted by Gasteiger charge is -2.14. The minimum absolute atomic E-state index is 0.334. The molecule has 88 valence electrons. The van der Waals surface area contributed by atoms with Crippen molar-refractivity contribution in [1.82, 2.24) is 0 Å². The number of halogens is 2. The normalized spacial score (nSPS) is 12.2. The lowest BCUT2D eigenvalue weighted by molar-refractivity contribution is 0.0695. The Morgan fingerprint density at radius 3 is 2.31 bits per heavy atom. The summed E-state index contributed by atoms with van der Waals surface area (Å²) in [5, 5.41) is 8.58. The summed E-state index contributed by atoms with van der Waals surface area (Å²) in [5.41, 5.74) is -0.438. The molecule has 0 fully saturated rings. The van der Waals surface area contributed by atoms with E-state index >= 15 is 0 Å². The minimum atomic E-state index is -1.38. The summed E-state index contributed by atoms with van der Waals surface area (Å²) in [6, 6.07) is 1.48. The van der Waals surface area contributed by atoms with Crippen molar-refractivity contribution in [3.8, 4) is 5.75 Å². The zero-order valence-electron chi connectivity index (χ0n) is 8.96. The van der Waals surface area contributed by atoms with Gasteiger partial charge in [0.25, 0.3) is 0 Å². The van der Waals surface area contributed by atoms with Crippen LogP contribution >= 0.6 is 0 Å². The number of aromatic carboxylic acids is 1. The predicted molar refractivity (Wildman–Crippen MR) is 53.7 cm³/mol. The van der Waals surface area contributed by atoms with Crippen molar-refractivity contribution < 1.29 is 23.4 Å². The average Bonchev–Trinajstić information content (AvgIpc) is 2.22. The van der Waals surface area contributed by atoms with E-state index in [0.717, 1.165) is 12.1 Å². The van der Waals surface area contributed by atoms with Gasteiger partial charge in [0.2, 0.25) is 0 Å². The van der Waals surface area contributed by atoms with Crippen molar-refractivity contribution in [2.45, 2.75) is 26.4 Å². The second-order valence-electron chi connectivity index (χ2n) is 3.41. The van der Waals surface area contributed by atoms with Gasteiger partial charge in [-0.25, -0.2) is 13.6 Å². The molecule has 0 aliphatic heterocycles. The van der Waals surface area contributed by atoms with Crippen molar-refractivity contribution in [3.05, 3.63) is 29.3 Å². The molecule has 0 spiro atoms. The highest BCUT2D eigenvalue weighted by Gasteiger charge is 2.17. The average molecular weight is 230 g/mol. The molecule has 1 aromatic rings. The molecule has 3 nitrogen and oxygen atoms in total. The zero-order valence-corrected chi connectivity index (χ0v) is 8.96. The largest absolute Gasteiger partial charge is 0.485 e. The Hall–Kier alpha value is -1.65. The Bertz CT molecular complexity index is 381. The number of carbonyl (C=O) groups is 1. The van der Waals surface area contributed by atoms with Crippen LogP contribution in [0.25, 0.3) is 0 Å². The summed E-state index contributed by atoms with van der Waals surface area (Å²) >= 11 is 0. The SMILES string of the molecule is CC[C@H](C)Oc1c(F)cc(C(=O)O)cc1F. The third-order valence-corrected chi connectivity index (χ3v) is 2.14. The number of hydrogen-bond acceptors (Lipinski definition) is 2. The second-order valence-corrected chi connectivity index (χ2v) is 3.41. The molecule has 1 aromatic carbocycles. The molecule has 0 unspecified atom stereocenters. The van der Waals surface area contributed by atoms with Gasteiger partial charge in [-0.3, -0.25) is 0 Å². The Morgan fingerprint density at radius 2 is 1.94 bits per heavy atom. The van der Waals surface area contributed by atoms with E-state index < -0.39 is 28.9 Å². The van der Waals surface area contributed by atoms with Crippen molar-refractivity contribution in [1.29, 1.82) is 0 Å². The van der Waals surface area contributed by atoms with E-state index in [9.17, 15) is 13.6 Å². The molecule has 0 bridgehead atoms. The van der Waals surface area contributed by atoms with Gasteiger partial charge < -0.3 is 9.84 Å². The fourth-order valence-electron chi connectivity index (χ4n) is 1.08. The number of ether oxygens (including phenoxy) is 1. The van der Waals surface area contributed by atoms with E-state index in [1.807, 2.05) is 6.92 Å². The van der Waals surface area contributed by atoms with Crippen LogP contribution < -0.4 is 4.74 Å². The van der Waals surface area contributed by atoms with Crippen molar-refractivity contribution >= 4 is 5.97 Å². The molecule has 0 aliphatic carbocycles. The van der Waals surface area contributed by atoms with Crippen LogP contribution in [0.4, 0.5) is 8.78 Å². The summed E-state index contributed by atoms with van der Waals surface area (Å²) in [4.78, 5) is 10.5. The first kappa shape index (κ1) is 12.4. The smallest absolute Gasteiger partial charge is 0.335 e. The first-order valence-electron chi connectivity index (χ1n) is 4.84. The maximum absolute atomic E-state index is 13.3. The van der Waals surface area contributed by atoms with Crippen LogP contribution in [-0.2, 0) is 0 Å². The van der Waals surface area contributed by atoms with Crippen LogP contribution in [0.3, 0.4) is 0 Å². The van der Waals surface area contributed by atoms with Gasteiger partial charge in [0.05, 0.1) is 11.7 Å². The van der Waals surface area contributed by atoms with Crippen molar-refractivity contribution in [2.75, 3.05) is 0 Å². The van der Waals surface area contributed by atoms with Gasteiger partial charge in [-0.05, 0) is 25.5 Å². The maximum atomic E-state index is 13.3. The van der Waals surface area contributed by atoms with Gasteiger partial charge in [0.15, 0.2) is 17.4 Å². The van der Waals surface area contributed by atoms with Crippen LogP contribution in [0.15, 0.2) is 12.1 Å². The predicted octanol–water partition coefficient (Wildman–Crippen LogP) is 2.84. The third kappa shape index (κ3) is 2.68. The fraction of sp³-hybridized carbons (Fsp3) is 0.364. The highest BCUT2D eigenvalue weighted by Crippen LogP contribution is 2.24. The Labute approximate surface area is 91.7 Å². The Kier molecular flexibility index (Phi) is 3.82. The van der Waals surface area contributed by atoms with Crippen LogP contribution in [-0.4, -0.2) is 17.2 Å². The topological polar surface area (TPSA) is 46.5 Å². The molecule has 0 aliphatic rings. The van der Waals surface area contributed by atoms with E-state index in [1.54, 1.807) is 6.92 Å². The van der Waals surface area contributed by atoms with Gasteiger partial charge in [-0.15, -0.1) is 0 Å². The molecule has 0 heterocycles. The van der Waals surface area contributed by atoms with Gasteiger partial charge in [0.1, 0.15) is 0 Å². The Morgan fingerprint density at radius 1 is 1.44 bits per heavy atom. The highest BCUT2D eigenvalue weighted by atomic mass is 19.1. The number of carboxylic acids is 1. The molecule has 0 amide bonds. The zero-order chi connectivity index (χ0) is 12.3. The molecule has 1 atom stereocenters. The summed E-state index contributed by atoms with van der Waals surface area (Å²) in [7, 11) is 0. The first-order chi connectivity index (χ1) is 7.45. The number of hydrogen-bond donors (Lipinski definition) is 1. The van der Waals surface area contributed by atoms with Crippen LogP contribution in [0.5, 0.6) is 5.75 Å². The summed E-state index contributed by atoms with van der Waals surface area (Å²) in [5.74, 6) is -3.91. The van der Waals surface area contributed by atoms with E-state index in [0.29, 0.717) is 6.42 Å². The molecule has 0 aromatic heterocycles. The fourth-order valence-corrected chi connectivity index (χ4v) is 1.08. The van der Waals surface area contributed by atoms with Crippen molar-refractivity contribution in [3.63, 3.8) is 0 Å². The molecule has 1 rings (SSSR count). The lowest BCUT2D eigenvalue weighted by Crippen LogP contribution is -2.12. The molecule has 0 saturated carbocycles. The number of carboxylic acid groups (broad SMARTS) is 1. The van der Waals surface area contributed by atoms with Crippen LogP contribution in [0.2, 0.25) is 0 Å². The summed E-state index contributed by atoms with van der Waals surface area (Å²) < 4.78 is 31.7. The highest BCUT2D eigenvalue weighted by molar-refractivity contribution is 5.87. The lowest BCUT2D eigenvalue weighted by atomic mass is 10.2. The van der Waals surface area contributed by atoms with E-state index in [-0.39, 0.29) is 6.10 Å². The molecule has 0 saturated heterocycles. The van der Waals surface area contributed by atoms with E-state index in [2.05, 4.69) is 0 Å². The van der Waals surface area contributed by atoms with E-state index in [4.69, 9.17) is 9.84 Å². The molecule has 16 heavy (non-hydrogen) atoms. The molecule has 0 radical (unpaired) electrons. The molecule has 5 heteroatoms. The third-order valence-electron chi connectivity index (χ3n) is 2.14. The van der Waals surface area contributed by atoms with Crippen LogP contribution in [0.1, 0.15) is 30.6 Å². The monoisotopic (exact) mass is 230 g/mol. The van der Waals surface area contributed by atoms with Gasteiger partial charge in [-0.1, -0.05) is 6.92 Å². The summed E-state index contributed by atoms with van der Waals surface area (Å²) in [6.07, 6.45) is 0.263. The Balaban J connectivity index is 3.07. The first-order valence-corrected chi connectivity index (χ1v) is 4.84. The maximum Gasteiger partial charge on any atom is 0.335 e. The quantitative estimate of drug-likeness (QED) is 0.865. The molecular weight excluding hydrogens is 218 g/mol. The minimum Gasteiger partial charge on any atom is -0.485 e. The standard InChI is InChI=1S/C11H12F2O3/c1-3-6(2)16-10-8(12)4-7(11(14)15)5-9(10)13/h4-6H,3H2,1-2H3,(H,14,15)/t6-/m0/s1. The number of benzene rings is 1. The van der Waals surface area contributed by atoms with Crippen molar-refractivity contribution in [2.24, 2.45) is 0 Å². The summed E-state index contributed by atoms with van der Waals surface area (Å²) in [6.45, 7) is 3.48.